The van der Waals surface area contributed by atoms with Crippen molar-refractivity contribution >= 4 is 34.0 Å². The van der Waals surface area contributed by atoms with E-state index in [1.54, 1.807) is 11.8 Å². The van der Waals surface area contributed by atoms with E-state index in [0.29, 0.717) is 24.8 Å². The van der Waals surface area contributed by atoms with Crippen LogP contribution in [0.4, 0.5) is 10.8 Å². The molecule has 0 radical (unpaired) electrons. The zero-order chi connectivity index (χ0) is 18.5. The second-order valence-electron chi connectivity index (χ2n) is 6.55. The van der Waals surface area contributed by atoms with Gasteiger partial charge in [-0.25, -0.2) is 4.98 Å². The fourth-order valence-electron chi connectivity index (χ4n) is 2.58. The molecule has 0 bridgehead atoms. The van der Waals surface area contributed by atoms with Crippen molar-refractivity contribution in [1.29, 1.82) is 0 Å². The van der Waals surface area contributed by atoms with E-state index in [0.717, 1.165) is 29.8 Å². The Balaban J connectivity index is 1.52. The molecule has 0 unspecified atom stereocenters. The first kappa shape index (κ1) is 18.5. The minimum Gasteiger partial charge on any atom is -0.355 e. The van der Waals surface area contributed by atoms with E-state index < -0.39 is 0 Å². The van der Waals surface area contributed by atoms with Gasteiger partial charge in [0.05, 0.1) is 11.4 Å². The van der Waals surface area contributed by atoms with Crippen molar-refractivity contribution < 1.29 is 9.59 Å². The first-order valence-corrected chi connectivity index (χ1v) is 9.73. The van der Waals surface area contributed by atoms with Gasteiger partial charge >= 0.3 is 0 Å². The fourth-order valence-corrected chi connectivity index (χ4v) is 3.47. The summed E-state index contributed by atoms with van der Waals surface area (Å²) in [4.78, 5) is 29.9. The van der Waals surface area contributed by atoms with Crippen molar-refractivity contribution in [3.8, 4) is 0 Å². The van der Waals surface area contributed by atoms with Crippen LogP contribution >= 0.6 is 11.3 Å². The molecule has 1 heterocycles. The van der Waals surface area contributed by atoms with E-state index in [1.807, 2.05) is 36.6 Å². The summed E-state index contributed by atoms with van der Waals surface area (Å²) in [5, 5.41) is 8.81. The van der Waals surface area contributed by atoms with Crippen LogP contribution in [0.2, 0.25) is 0 Å². The van der Waals surface area contributed by atoms with Crippen molar-refractivity contribution in [2.75, 3.05) is 18.0 Å². The van der Waals surface area contributed by atoms with E-state index in [-0.39, 0.29) is 17.7 Å². The van der Waals surface area contributed by atoms with Crippen LogP contribution in [0.25, 0.3) is 0 Å². The van der Waals surface area contributed by atoms with Crippen molar-refractivity contribution in [2.45, 2.75) is 33.2 Å². The van der Waals surface area contributed by atoms with Gasteiger partial charge in [0, 0.05) is 37.9 Å². The van der Waals surface area contributed by atoms with E-state index in [9.17, 15) is 9.59 Å². The van der Waals surface area contributed by atoms with Gasteiger partial charge in [0.15, 0.2) is 5.13 Å². The molecule has 2 aromatic rings. The number of aryl methyl sites for hydroxylation is 1. The van der Waals surface area contributed by atoms with E-state index in [1.165, 1.54) is 11.3 Å². The zero-order valence-corrected chi connectivity index (χ0v) is 15.9. The molecule has 1 saturated carbocycles. The number of hydrogen-bond acceptors (Lipinski definition) is 5. The zero-order valence-electron chi connectivity index (χ0n) is 15.1. The molecule has 26 heavy (non-hydrogen) atoms. The molecule has 0 aliphatic heterocycles. The minimum atomic E-state index is -0.0644. The average Bonchev–Trinajstić information content (AvgIpc) is 3.37. The molecular formula is C19H24N4O2S. The maximum Gasteiger partial charge on any atom is 0.230 e. The second-order valence-corrected chi connectivity index (χ2v) is 7.39. The van der Waals surface area contributed by atoms with Gasteiger partial charge in [0.2, 0.25) is 11.8 Å². The molecule has 1 fully saturated rings. The van der Waals surface area contributed by atoms with E-state index in [2.05, 4.69) is 15.6 Å². The van der Waals surface area contributed by atoms with Crippen molar-refractivity contribution in [2.24, 2.45) is 5.92 Å². The molecule has 1 aliphatic rings. The predicted molar refractivity (Wildman–Crippen MR) is 104 cm³/mol. The third kappa shape index (κ3) is 4.89. The number of aromatic nitrogens is 1. The van der Waals surface area contributed by atoms with Crippen LogP contribution in [0, 0.1) is 12.8 Å². The van der Waals surface area contributed by atoms with Crippen molar-refractivity contribution in [3.05, 3.63) is 40.9 Å². The van der Waals surface area contributed by atoms with Crippen LogP contribution in [-0.2, 0) is 16.1 Å². The molecular weight excluding hydrogens is 348 g/mol. The number of nitrogens with zero attached hydrogens (tertiary/aromatic N) is 2. The second kappa shape index (κ2) is 8.42. The number of benzene rings is 1. The monoisotopic (exact) mass is 372 g/mol. The highest BCUT2D eigenvalue weighted by Gasteiger charge is 2.28. The summed E-state index contributed by atoms with van der Waals surface area (Å²) in [6.07, 6.45) is 2.04. The Morgan fingerprint density at radius 3 is 2.62 bits per heavy atom. The lowest BCUT2D eigenvalue weighted by atomic mass is 10.2. The quantitative estimate of drug-likeness (QED) is 0.699. The molecule has 6 nitrogen and oxygen atoms in total. The maximum atomic E-state index is 12.1. The van der Waals surface area contributed by atoms with Crippen molar-refractivity contribution in [1.82, 2.24) is 15.6 Å². The summed E-state index contributed by atoms with van der Waals surface area (Å²) in [6, 6.07) is 7.83. The largest absolute Gasteiger partial charge is 0.355 e. The summed E-state index contributed by atoms with van der Waals surface area (Å²) in [5.74, 6) is 0.346. The Labute approximate surface area is 157 Å². The number of rotatable bonds is 8. The first-order valence-electron chi connectivity index (χ1n) is 8.85. The third-order valence-electron chi connectivity index (χ3n) is 4.19. The van der Waals surface area contributed by atoms with Crippen LogP contribution in [0.3, 0.4) is 0 Å². The molecule has 2 amide bonds. The predicted octanol–water partition coefficient (Wildman–Crippen LogP) is 2.75. The Bertz CT molecular complexity index is 768. The number of anilines is 2. The van der Waals surface area contributed by atoms with Crippen molar-refractivity contribution in [3.63, 3.8) is 0 Å². The maximum absolute atomic E-state index is 12.1. The Morgan fingerprint density at radius 2 is 1.96 bits per heavy atom. The number of carbonyl (C=O) groups excluding carboxylic acids is 2. The Kier molecular flexibility index (Phi) is 6.00. The summed E-state index contributed by atoms with van der Waals surface area (Å²) in [7, 11) is 0. The minimum absolute atomic E-state index is 0.0644. The molecule has 138 valence electrons. The molecule has 3 rings (SSSR count). The van der Waals surface area contributed by atoms with Gasteiger partial charge in [0.1, 0.15) is 0 Å². The lowest BCUT2D eigenvalue weighted by Crippen LogP contribution is -2.32. The van der Waals surface area contributed by atoms with Gasteiger partial charge in [-0.1, -0.05) is 17.7 Å². The summed E-state index contributed by atoms with van der Waals surface area (Å²) in [6.45, 7) is 5.48. The standard InChI is InChI=1S/C19H24N4O2S/c1-13-3-7-17(8-4-13)23(14(2)24)19-22-16(12-26-19)11-20-9-10-21-18(25)15-5-6-15/h3-4,7-8,12,15,20H,5-6,9-11H2,1-2H3,(H,21,25). The summed E-state index contributed by atoms with van der Waals surface area (Å²) < 4.78 is 0. The highest BCUT2D eigenvalue weighted by molar-refractivity contribution is 7.14. The highest BCUT2D eigenvalue weighted by Crippen LogP contribution is 2.29. The Morgan fingerprint density at radius 1 is 1.23 bits per heavy atom. The molecule has 7 heteroatoms. The highest BCUT2D eigenvalue weighted by atomic mass is 32.1. The van der Waals surface area contributed by atoms with Gasteiger partial charge in [0.25, 0.3) is 0 Å². The first-order chi connectivity index (χ1) is 12.5. The van der Waals surface area contributed by atoms with Gasteiger partial charge in [-0.15, -0.1) is 11.3 Å². The third-order valence-corrected chi connectivity index (χ3v) is 5.07. The number of carbonyl (C=O) groups is 2. The molecule has 1 aromatic carbocycles. The normalized spacial score (nSPS) is 13.5. The van der Waals surface area contributed by atoms with Crippen LogP contribution in [0.5, 0.6) is 0 Å². The molecule has 0 spiro atoms. The molecule has 1 aliphatic carbocycles. The van der Waals surface area contributed by atoms with Gasteiger partial charge < -0.3 is 10.6 Å². The smallest absolute Gasteiger partial charge is 0.230 e. The summed E-state index contributed by atoms with van der Waals surface area (Å²) >= 11 is 1.45. The van der Waals surface area contributed by atoms with Gasteiger partial charge in [-0.3, -0.25) is 14.5 Å². The molecule has 1 aromatic heterocycles. The summed E-state index contributed by atoms with van der Waals surface area (Å²) in [5.41, 5.74) is 2.85. The van der Waals surface area contributed by atoms with E-state index in [4.69, 9.17) is 0 Å². The number of hydrogen-bond donors (Lipinski definition) is 2. The SMILES string of the molecule is CC(=O)N(c1ccc(C)cc1)c1nc(CNCCNC(=O)C2CC2)cs1. The molecule has 0 atom stereocenters. The van der Waals surface area contributed by atoms with Crippen LogP contribution < -0.4 is 15.5 Å². The van der Waals surface area contributed by atoms with Crippen LogP contribution in [-0.4, -0.2) is 29.9 Å². The Hall–Kier alpha value is -2.25. The molecule has 0 saturated heterocycles. The van der Waals surface area contributed by atoms with E-state index >= 15 is 0 Å². The molecule has 2 N–H and O–H groups in total. The fraction of sp³-hybridized carbons (Fsp3) is 0.421. The topological polar surface area (TPSA) is 74.3 Å². The lowest BCUT2D eigenvalue weighted by Gasteiger charge is -2.18. The number of thiazole rings is 1. The van der Waals surface area contributed by atoms with Gasteiger partial charge in [-0.05, 0) is 31.9 Å². The van der Waals surface area contributed by atoms with Crippen LogP contribution in [0.15, 0.2) is 29.6 Å². The lowest BCUT2D eigenvalue weighted by molar-refractivity contribution is -0.122. The number of nitrogens with one attached hydrogen (secondary N) is 2. The van der Waals surface area contributed by atoms with Crippen LogP contribution in [0.1, 0.15) is 31.0 Å². The number of amides is 2. The average molecular weight is 372 g/mol. The van der Waals surface area contributed by atoms with Gasteiger partial charge in [-0.2, -0.15) is 0 Å².